The molecule has 1 unspecified atom stereocenters. The van der Waals surface area contributed by atoms with Gasteiger partial charge in [-0.3, -0.25) is 0 Å². The Hall–Kier alpha value is -0.870. The Kier molecular flexibility index (Phi) is 8.12. The standard InChI is InChI=1S/C18H32O4/c1-14(2)13-15(3)17(20)22-16(21-12-11-19)7-10-18(4)8-5-6-9-18/h14,16,19H,3,5-13H2,1-2,4H3. The third-order valence-electron chi connectivity index (χ3n) is 4.37. The molecule has 1 aliphatic carbocycles. The normalized spacial score (nSPS) is 18.4. The number of aliphatic hydroxyl groups excluding tert-OH is 1. The number of rotatable bonds is 10. The highest BCUT2D eigenvalue weighted by Gasteiger charge is 2.30. The lowest BCUT2D eigenvalue weighted by Gasteiger charge is -2.26. The summed E-state index contributed by atoms with van der Waals surface area (Å²) in [4.78, 5) is 12.1. The SMILES string of the molecule is C=C(CC(C)C)C(=O)OC(CCC1(C)CCCC1)OCCO. The van der Waals surface area contributed by atoms with Gasteiger partial charge < -0.3 is 14.6 Å². The van der Waals surface area contributed by atoms with Gasteiger partial charge >= 0.3 is 5.97 Å². The molecule has 4 nitrogen and oxygen atoms in total. The van der Waals surface area contributed by atoms with E-state index in [1.54, 1.807) is 0 Å². The molecule has 0 spiro atoms. The maximum atomic E-state index is 12.1. The number of esters is 1. The topological polar surface area (TPSA) is 55.8 Å². The average molecular weight is 312 g/mol. The van der Waals surface area contributed by atoms with Gasteiger partial charge in [0.05, 0.1) is 13.2 Å². The molecular weight excluding hydrogens is 280 g/mol. The molecule has 22 heavy (non-hydrogen) atoms. The molecule has 0 aromatic rings. The molecule has 0 saturated heterocycles. The first-order valence-corrected chi connectivity index (χ1v) is 8.47. The molecule has 1 atom stereocenters. The van der Waals surface area contributed by atoms with Crippen LogP contribution in [0.5, 0.6) is 0 Å². The fourth-order valence-electron chi connectivity index (χ4n) is 3.08. The van der Waals surface area contributed by atoms with Crippen molar-refractivity contribution < 1.29 is 19.4 Å². The van der Waals surface area contributed by atoms with Crippen LogP contribution in [0.25, 0.3) is 0 Å². The summed E-state index contributed by atoms with van der Waals surface area (Å²) < 4.78 is 10.9. The lowest BCUT2D eigenvalue weighted by molar-refractivity contribution is -0.179. The Balaban J connectivity index is 2.48. The van der Waals surface area contributed by atoms with Crippen LogP contribution in [-0.4, -0.2) is 30.6 Å². The third-order valence-corrected chi connectivity index (χ3v) is 4.37. The van der Waals surface area contributed by atoms with Gasteiger partial charge in [-0.1, -0.05) is 40.2 Å². The van der Waals surface area contributed by atoms with E-state index in [0.29, 0.717) is 29.7 Å². The van der Waals surface area contributed by atoms with Gasteiger partial charge in [0.2, 0.25) is 6.29 Å². The predicted octanol–water partition coefficient (Wildman–Crippen LogP) is 3.83. The van der Waals surface area contributed by atoms with Crippen LogP contribution in [0.2, 0.25) is 0 Å². The minimum atomic E-state index is -0.582. The van der Waals surface area contributed by atoms with Crippen molar-refractivity contribution in [2.24, 2.45) is 11.3 Å². The van der Waals surface area contributed by atoms with Gasteiger partial charge in [-0.25, -0.2) is 4.79 Å². The number of carbonyl (C=O) groups is 1. The molecule has 0 radical (unpaired) electrons. The highest BCUT2D eigenvalue weighted by Crippen LogP contribution is 2.41. The van der Waals surface area contributed by atoms with Crippen molar-refractivity contribution in [2.75, 3.05) is 13.2 Å². The van der Waals surface area contributed by atoms with Crippen molar-refractivity contribution in [1.29, 1.82) is 0 Å². The maximum Gasteiger partial charge on any atom is 0.335 e. The van der Waals surface area contributed by atoms with Crippen LogP contribution in [0.3, 0.4) is 0 Å². The van der Waals surface area contributed by atoms with Crippen LogP contribution in [0.4, 0.5) is 0 Å². The van der Waals surface area contributed by atoms with Crippen LogP contribution in [0.1, 0.15) is 65.7 Å². The first kappa shape index (κ1) is 19.2. The number of ether oxygens (including phenoxy) is 2. The molecule has 1 rings (SSSR count). The second kappa shape index (κ2) is 9.31. The first-order chi connectivity index (χ1) is 10.4. The molecule has 1 saturated carbocycles. The molecule has 1 N–H and O–H groups in total. The number of hydrogen-bond acceptors (Lipinski definition) is 4. The summed E-state index contributed by atoms with van der Waals surface area (Å²) in [6, 6.07) is 0. The molecule has 0 bridgehead atoms. The fraction of sp³-hybridized carbons (Fsp3) is 0.833. The van der Waals surface area contributed by atoms with Crippen molar-refractivity contribution >= 4 is 5.97 Å². The van der Waals surface area contributed by atoms with Crippen molar-refractivity contribution in [2.45, 2.75) is 72.0 Å². The van der Waals surface area contributed by atoms with E-state index in [9.17, 15) is 4.79 Å². The summed E-state index contributed by atoms with van der Waals surface area (Å²) in [5.74, 6) is -0.0116. The Morgan fingerprint density at radius 2 is 1.95 bits per heavy atom. The molecule has 1 fully saturated rings. The Labute approximate surface area is 134 Å². The quantitative estimate of drug-likeness (QED) is 0.378. The van der Waals surface area contributed by atoms with Gasteiger partial charge in [0, 0.05) is 12.0 Å². The minimum Gasteiger partial charge on any atom is -0.432 e. The summed E-state index contributed by atoms with van der Waals surface area (Å²) in [7, 11) is 0. The van der Waals surface area contributed by atoms with E-state index in [2.05, 4.69) is 13.5 Å². The van der Waals surface area contributed by atoms with Gasteiger partial charge in [-0.2, -0.15) is 0 Å². The van der Waals surface area contributed by atoms with Crippen LogP contribution in [-0.2, 0) is 14.3 Å². The third kappa shape index (κ3) is 6.93. The lowest BCUT2D eigenvalue weighted by Crippen LogP contribution is -2.26. The molecule has 4 heteroatoms. The molecular formula is C18H32O4. The van der Waals surface area contributed by atoms with E-state index in [0.717, 1.165) is 6.42 Å². The molecule has 0 aromatic carbocycles. The monoisotopic (exact) mass is 312 g/mol. The van der Waals surface area contributed by atoms with E-state index >= 15 is 0 Å². The average Bonchev–Trinajstić information content (AvgIpc) is 2.88. The first-order valence-electron chi connectivity index (χ1n) is 8.47. The van der Waals surface area contributed by atoms with Gasteiger partial charge in [-0.15, -0.1) is 0 Å². The van der Waals surface area contributed by atoms with Crippen LogP contribution < -0.4 is 0 Å². The number of hydrogen-bond donors (Lipinski definition) is 1. The zero-order valence-electron chi connectivity index (χ0n) is 14.4. The van der Waals surface area contributed by atoms with Crippen molar-refractivity contribution in [3.8, 4) is 0 Å². The van der Waals surface area contributed by atoms with Gasteiger partial charge in [-0.05, 0) is 37.0 Å². The summed E-state index contributed by atoms with van der Waals surface area (Å²) in [6.07, 6.45) is 6.73. The largest absolute Gasteiger partial charge is 0.432 e. The molecule has 1 aliphatic rings. The zero-order valence-corrected chi connectivity index (χ0v) is 14.4. The van der Waals surface area contributed by atoms with E-state index in [-0.39, 0.29) is 19.2 Å². The van der Waals surface area contributed by atoms with Crippen LogP contribution in [0, 0.1) is 11.3 Å². The summed E-state index contributed by atoms with van der Waals surface area (Å²) >= 11 is 0. The molecule has 0 aromatic heterocycles. The van der Waals surface area contributed by atoms with Crippen LogP contribution in [0.15, 0.2) is 12.2 Å². The fourth-order valence-corrected chi connectivity index (χ4v) is 3.08. The number of aliphatic hydroxyl groups is 1. The maximum absolute atomic E-state index is 12.1. The molecule has 0 heterocycles. The Morgan fingerprint density at radius 1 is 1.32 bits per heavy atom. The van der Waals surface area contributed by atoms with E-state index in [1.807, 2.05) is 13.8 Å². The Morgan fingerprint density at radius 3 is 2.50 bits per heavy atom. The van der Waals surface area contributed by atoms with Gasteiger partial charge in [0.25, 0.3) is 0 Å². The predicted molar refractivity (Wildman–Crippen MR) is 87.3 cm³/mol. The number of carbonyl (C=O) groups excluding carboxylic acids is 1. The lowest BCUT2D eigenvalue weighted by atomic mass is 9.84. The molecule has 0 amide bonds. The molecule has 128 valence electrons. The van der Waals surface area contributed by atoms with Crippen molar-refractivity contribution in [3.05, 3.63) is 12.2 Å². The summed E-state index contributed by atoms with van der Waals surface area (Å²) in [6.45, 7) is 10.3. The van der Waals surface area contributed by atoms with Crippen molar-refractivity contribution in [3.63, 3.8) is 0 Å². The summed E-state index contributed by atoms with van der Waals surface area (Å²) in [5.41, 5.74) is 0.821. The van der Waals surface area contributed by atoms with Gasteiger partial charge in [0.1, 0.15) is 0 Å². The zero-order chi connectivity index (χ0) is 16.6. The second-order valence-electron chi connectivity index (χ2n) is 7.19. The highest BCUT2D eigenvalue weighted by atomic mass is 16.7. The second-order valence-corrected chi connectivity index (χ2v) is 7.19. The highest BCUT2D eigenvalue weighted by molar-refractivity contribution is 5.87. The minimum absolute atomic E-state index is 0.0712. The Bertz CT molecular complexity index is 356. The van der Waals surface area contributed by atoms with Crippen LogP contribution >= 0.6 is 0 Å². The van der Waals surface area contributed by atoms with Gasteiger partial charge in [0.15, 0.2) is 0 Å². The van der Waals surface area contributed by atoms with E-state index in [1.165, 1.54) is 25.7 Å². The molecule has 0 aliphatic heterocycles. The van der Waals surface area contributed by atoms with Crippen molar-refractivity contribution in [1.82, 2.24) is 0 Å². The van der Waals surface area contributed by atoms with E-state index < -0.39 is 6.29 Å². The van der Waals surface area contributed by atoms with E-state index in [4.69, 9.17) is 14.6 Å². The smallest absolute Gasteiger partial charge is 0.335 e. The summed E-state index contributed by atoms with van der Waals surface area (Å²) in [5, 5.41) is 8.92.